The van der Waals surface area contributed by atoms with E-state index in [1.807, 2.05) is 31.2 Å². The van der Waals surface area contributed by atoms with Crippen molar-refractivity contribution in [1.29, 1.82) is 0 Å². The van der Waals surface area contributed by atoms with Gasteiger partial charge in [0.25, 0.3) is 0 Å². The van der Waals surface area contributed by atoms with Gasteiger partial charge in [-0.15, -0.1) is 10.2 Å². The summed E-state index contributed by atoms with van der Waals surface area (Å²) in [5, 5.41) is 11.9. The van der Waals surface area contributed by atoms with Crippen LogP contribution in [0.3, 0.4) is 0 Å². The number of pyridine rings is 1. The molecule has 2 aromatic heterocycles. The highest BCUT2D eigenvalue weighted by molar-refractivity contribution is 7.14. The Labute approximate surface area is 159 Å². The quantitative estimate of drug-likeness (QED) is 0.632. The first-order valence-electron chi connectivity index (χ1n) is 8.99. The summed E-state index contributed by atoms with van der Waals surface area (Å²) in [5.74, 6) is -2.89. The van der Waals surface area contributed by atoms with Gasteiger partial charge in [-0.05, 0) is 37.3 Å². The molecular formula is C20H19F2N3OS. The van der Waals surface area contributed by atoms with Crippen LogP contribution in [0.25, 0.3) is 21.3 Å². The van der Waals surface area contributed by atoms with Gasteiger partial charge in [-0.25, -0.2) is 8.78 Å². The average Bonchev–Trinajstić information content (AvgIpc) is 3.07. The minimum absolute atomic E-state index is 0.00764. The van der Waals surface area contributed by atoms with Crippen molar-refractivity contribution in [3.05, 3.63) is 41.2 Å². The van der Waals surface area contributed by atoms with Crippen LogP contribution in [-0.2, 0) is 11.2 Å². The lowest BCUT2D eigenvalue weighted by Gasteiger charge is -2.27. The van der Waals surface area contributed by atoms with E-state index in [9.17, 15) is 13.6 Å². The summed E-state index contributed by atoms with van der Waals surface area (Å²) in [4.78, 5) is 16.9. The lowest BCUT2D eigenvalue weighted by Crippen LogP contribution is -2.29. The number of ketones is 1. The predicted molar refractivity (Wildman–Crippen MR) is 101 cm³/mol. The molecule has 4 nitrogen and oxygen atoms in total. The van der Waals surface area contributed by atoms with E-state index in [1.54, 1.807) is 6.20 Å². The van der Waals surface area contributed by atoms with E-state index >= 15 is 0 Å². The number of aryl methyl sites for hydroxylation is 1. The van der Waals surface area contributed by atoms with Crippen molar-refractivity contribution in [2.24, 2.45) is 5.92 Å². The molecule has 1 saturated carbocycles. The van der Waals surface area contributed by atoms with Gasteiger partial charge in [-0.2, -0.15) is 0 Å². The summed E-state index contributed by atoms with van der Waals surface area (Å²) < 4.78 is 26.6. The molecule has 0 amide bonds. The highest BCUT2D eigenvalue weighted by Crippen LogP contribution is 2.37. The lowest BCUT2D eigenvalue weighted by atomic mass is 9.83. The van der Waals surface area contributed by atoms with Gasteiger partial charge < -0.3 is 0 Å². The third kappa shape index (κ3) is 4.03. The topological polar surface area (TPSA) is 55.7 Å². The second kappa shape index (κ2) is 7.03. The number of halogens is 2. The van der Waals surface area contributed by atoms with Crippen molar-refractivity contribution >= 4 is 27.9 Å². The number of hydrogen-bond acceptors (Lipinski definition) is 5. The molecule has 4 rings (SSSR count). The Morgan fingerprint density at radius 2 is 1.96 bits per heavy atom. The van der Waals surface area contributed by atoms with E-state index in [4.69, 9.17) is 0 Å². The smallest absolute Gasteiger partial charge is 0.248 e. The number of aromatic nitrogens is 3. The zero-order chi connectivity index (χ0) is 19.0. The summed E-state index contributed by atoms with van der Waals surface area (Å²) in [5.41, 5.74) is 1.65. The molecule has 140 valence electrons. The number of carbonyl (C=O) groups excluding carboxylic acids is 1. The lowest BCUT2D eigenvalue weighted by molar-refractivity contribution is -0.126. The highest BCUT2D eigenvalue weighted by atomic mass is 32.1. The number of carbonyl (C=O) groups is 1. The van der Waals surface area contributed by atoms with Gasteiger partial charge in [0.1, 0.15) is 15.8 Å². The maximum atomic E-state index is 13.3. The molecule has 0 spiro atoms. The Bertz CT molecular complexity index is 992. The first-order valence-corrected chi connectivity index (χ1v) is 9.81. The molecule has 0 saturated heterocycles. The Hall–Kier alpha value is -2.28. The fourth-order valence-electron chi connectivity index (χ4n) is 3.51. The molecule has 0 radical (unpaired) electrons. The van der Waals surface area contributed by atoms with Crippen LogP contribution in [0.15, 0.2) is 30.5 Å². The fraction of sp³-hybridized carbons (Fsp3) is 0.400. The fourth-order valence-corrected chi connectivity index (χ4v) is 4.20. The number of hydrogen-bond donors (Lipinski definition) is 0. The number of alkyl halides is 2. The number of nitrogens with zero attached hydrogens (tertiary/aromatic N) is 3. The van der Waals surface area contributed by atoms with Crippen LogP contribution in [0.5, 0.6) is 0 Å². The van der Waals surface area contributed by atoms with Gasteiger partial charge in [-0.1, -0.05) is 23.5 Å². The zero-order valence-corrected chi connectivity index (χ0v) is 15.7. The maximum Gasteiger partial charge on any atom is 0.248 e. The summed E-state index contributed by atoms with van der Waals surface area (Å²) in [6.07, 6.45) is 2.08. The van der Waals surface area contributed by atoms with E-state index in [0.29, 0.717) is 5.69 Å². The van der Waals surface area contributed by atoms with Crippen molar-refractivity contribution in [1.82, 2.24) is 15.2 Å². The zero-order valence-electron chi connectivity index (χ0n) is 14.9. The normalized spacial score (nSPS) is 17.3. The van der Waals surface area contributed by atoms with Crippen LogP contribution >= 0.6 is 11.3 Å². The number of Topliss-reactive ketones (excluding diaryl/α,β-unsaturated/α-hetero) is 1. The van der Waals surface area contributed by atoms with Crippen LogP contribution in [0.2, 0.25) is 0 Å². The van der Waals surface area contributed by atoms with Gasteiger partial charge in [-0.3, -0.25) is 9.78 Å². The first kappa shape index (κ1) is 18.1. The maximum absolute atomic E-state index is 13.3. The number of fused-ring (bicyclic) bond motifs is 1. The molecule has 1 aliphatic carbocycles. The van der Waals surface area contributed by atoms with E-state index < -0.39 is 5.92 Å². The molecule has 2 heterocycles. The van der Waals surface area contributed by atoms with Gasteiger partial charge >= 0.3 is 0 Å². The van der Waals surface area contributed by atoms with Crippen molar-refractivity contribution in [3.8, 4) is 10.6 Å². The molecule has 1 aromatic carbocycles. The van der Waals surface area contributed by atoms with Gasteiger partial charge in [0.05, 0.1) is 0 Å². The van der Waals surface area contributed by atoms with Crippen LogP contribution in [-0.4, -0.2) is 26.9 Å². The van der Waals surface area contributed by atoms with Crippen LogP contribution in [0, 0.1) is 12.8 Å². The van der Waals surface area contributed by atoms with E-state index in [-0.39, 0.29) is 43.8 Å². The summed E-state index contributed by atoms with van der Waals surface area (Å²) in [6.45, 7) is 1.91. The second-order valence-corrected chi connectivity index (χ2v) is 8.32. The van der Waals surface area contributed by atoms with Crippen LogP contribution < -0.4 is 0 Å². The molecule has 7 heteroatoms. The van der Waals surface area contributed by atoms with Crippen molar-refractivity contribution in [2.75, 3.05) is 0 Å². The standard InChI is InChI=1S/C20H19F2N3OS/c1-12-24-25-19(27-12)14-2-3-15-11-23-17(9-16(15)8-14)10-18(26)13-4-6-20(21,22)7-5-13/h2-3,8-9,11,13H,4-7,10H2,1H3. The SMILES string of the molecule is Cc1nnc(-c2ccc3cnc(CC(=O)C4CCC(F)(F)CC4)cc3c2)s1. The number of benzene rings is 1. The Morgan fingerprint density at radius 3 is 2.67 bits per heavy atom. The largest absolute Gasteiger partial charge is 0.299 e. The van der Waals surface area contributed by atoms with E-state index in [1.165, 1.54) is 11.3 Å². The van der Waals surface area contributed by atoms with Crippen molar-refractivity contribution < 1.29 is 13.6 Å². The average molecular weight is 387 g/mol. The molecule has 1 fully saturated rings. The van der Waals surface area contributed by atoms with Crippen molar-refractivity contribution in [2.45, 2.75) is 45.0 Å². The van der Waals surface area contributed by atoms with E-state index in [2.05, 4.69) is 15.2 Å². The van der Waals surface area contributed by atoms with Gasteiger partial charge in [0.15, 0.2) is 0 Å². The Kier molecular flexibility index (Phi) is 4.72. The molecule has 0 bridgehead atoms. The molecular weight excluding hydrogens is 368 g/mol. The summed E-state index contributed by atoms with van der Waals surface area (Å²) in [6, 6.07) is 7.88. The third-order valence-corrected chi connectivity index (χ3v) is 5.97. The first-order chi connectivity index (χ1) is 12.9. The number of rotatable bonds is 4. The third-order valence-electron chi connectivity index (χ3n) is 5.08. The van der Waals surface area contributed by atoms with Crippen LogP contribution in [0.4, 0.5) is 8.78 Å². The molecule has 0 atom stereocenters. The minimum Gasteiger partial charge on any atom is -0.299 e. The Balaban J connectivity index is 1.53. The molecule has 27 heavy (non-hydrogen) atoms. The summed E-state index contributed by atoms with van der Waals surface area (Å²) >= 11 is 1.53. The molecule has 3 aromatic rings. The van der Waals surface area contributed by atoms with Crippen LogP contribution in [0.1, 0.15) is 36.4 Å². The van der Waals surface area contributed by atoms with E-state index in [0.717, 1.165) is 26.4 Å². The van der Waals surface area contributed by atoms with Gasteiger partial charge in [0, 0.05) is 48.0 Å². The van der Waals surface area contributed by atoms with Gasteiger partial charge in [0.2, 0.25) is 5.92 Å². The molecule has 0 aliphatic heterocycles. The minimum atomic E-state index is -2.61. The predicted octanol–water partition coefficient (Wildman–Crippen LogP) is 5.00. The highest BCUT2D eigenvalue weighted by Gasteiger charge is 2.37. The molecule has 0 unspecified atom stereocenters. The molecule has 1 aliphatic rings. The summed E-state index contributed by atoms with van der Waals surface area (Å²) in [7, 11) is 0. The Morgan fingerprint density at radius 1 is 1.19 bits per heavy atom. The molecule has 0 N–H and O–H groups in total. The van der Waals surface area contributed by atoms with Crippen molar-refractivity contribution in [3.63, 3.8) is 0 Å². The monoisotopic (exact) mass is 387 g/mol. The second-order valence-electron chi connectivity index (χ2n) is 7.14.